The maximum Gasteiger partial charge on any atom is 0.248 e. The summed E-state index contributed by atoms with van der Waals surface area (Å²) in [6.45, 7) is -0.218. The van der Waals surface area contributed by atoms with E-state index in [0.717, 1.165) is 25.7 Å². The van der Waals surface area contributed by atoms with Crippen LogP contribution in [-0.4, -0.2) is 78.5 Å². The van der Waals surface area contributed by atoms with Gasteiger partial charge in [-0.15, -0.1) is 25.5 Å². The predicted molar refractivity (Wildman–Crippen MR) is 138 cm³/mol. The third-order valence-electron chi connectivity index (χ3n) is 6.38. The Morgan fingerprint density at radius 3 is 2.17 bits per heavy atom. The van der Waals surface area contributed by atoms with E-state index in [0.29, 0.717) is 28.3 Å². The molecule has 6 rings (SSSR count). The highest BCUT2D eigenvalue weighted by atomic mass is 16.2. The van der Waals surface area contributed by atoms with Crippen molar-refractivity contribution in [2.45, 2.75) is 44.8 Å². The van der Waals surface area contributed by atoms with Crippen LogP contribution in [0.2, 0.25) is 0 Å². The Hall–Kier alpha value is -5.41. The topological polar surface area (TPSA) is 189 Å². The third kappa shape index (κ3) is 5.54. The Morgan fingerprint density at radius 2 is 1.45 bits per heavy atom. The molecule has 2 N–H and O–H groups in total. The minimum absolute atomic E-state index is 0.0329. The van der Waals surface area contributed by atoms with Crippen molar-refractivity contribution >= 4 is 17.5 Å². The zero-order valence-electron chi connectivity index (χ0n) is 21.2. The summed E-state index contributed by atoms with van der Waals surface area (Å²) in [5.41, 5.74) is 2.35. The molecule has 2 amide bonds. The Balaban J connectivity index is 1.12. The highest BCUT2D eigenvalue weighted by Gasteiger charge is 2.19. The molecule has 0 bridgehead atoms. The number of hydrogen-bond donors (Lipinski definition) is 2. The second kappa shape index (κ2) is 11.1. The van der Waals surface area contributed by atoms with E-state index in [1.807, 2.05) is 24.3 Å². The summed E-state index contributed by atoms with van der Waals surface area (Å²) in [7, 11) is 0. The van der Waals surface area contributed by atoms with Crippen LogP contribution < -0.4 is 10.6 Å². The fraction of sp³-hybridized carbons (Fsp3) is 0.292. The first-order chi connectivity index (χ1) is 19.6. The minimum Gasteiger partial charge on any atom is -0.352 e. The van der Waals surface area contributed by atoms with Gasteiger partial charge in [0.1, 0.15) is 19.4 Å². The number of carbonyl (C=O) groups excluding carboxylic acids is 2. The van der Waals surface area contributed by atoms with Crippen LogP contribution in [0.1, 0.15) is 25.7 Å². The molecule has 3 aromatic heterocycles. The lowest BCUT2D eigenvalue weighted by Gasteiger charge is -2.10. The Kier molecular flexibility index (Phi) is 6.93. The standard InChI is InChI=1S/C24H24N14O2/c39-21(26-16-7-1-2-8-16)13-37-30-23(28-33-37)17-9-3-5-11-19(17)27-22(40)14-38-31-24(29-34-38)18-10-4-6-12-20(18)36-15-25-32-35-36/h3-6,9-12,15-16H,1-2,7-8,13-14H2,(H,26,39)(H,27,40). The van der Waals surface area contributed by atoms with Gasteiger partial charge in [-0.25, -0.2) is 0 Å². The zero-order valence-corrected chi connectivity index (χ0v) is 21.2. The van der Waals surface area contributed by atoms with Crippen molar-refractivity contribution in [1.29, 1.82) is 0 Å². The molecule has 0 spiro atoms. The molecule has 16 nitrogen and oxygen atoms in total. The van der Waals surface area contributed by atoms with Gasteiger partial charge < -0.3 is 10.6 Å². The van der Waals surface area contributed by atoms with Gasteiger partial charge in [0.2, 0.25) is 23.5 Å². The lowest BCUT2D eigenvalue weighted by Crippen LogP contribution is -2.35. The maximum atomic E-state index is 12.9. The first-order valence-electron chi connectivity index (χ1n) is 12.7. The van der Waals surface area contributed by atoms with Gasteiger partial charge in [-0.2, -0.15) is 14.3 Å². The molecule has 202 valence electrons. The molecule has 1 aliphatic rings. The highest BCUT2D eigenvalue weighted by Crippen LogP contribution is 2.25. The van der Waals surface area contributed by atoms with Gasteiger partial charge in [-0.05, 0) is 58.0 Å². The predicted octanol–water partition coefficient (Wildman–Crippen LogP) is 0.667. The number of amides is 2. The van der Waals surface area contributed by atoms with Crippen LogP contribution in [0.5, 0.6) is 0 Å². The van der Waals surface area contributed by atoms with Crippen molar-refractivity contribution in [2.24, 2.45) is 0 Å². The molecule has 0 saturated heterocycles. The largest absolute Gasteiger partial charge is 0.352 e. The van der Waals surface area contributed by atoms with Crippen molar-refractivity contribution in [2.75, 3.05) is 5.32 Å². The van der Waals surface area contributed by atoms with Crippen LogP contribution in [0, 0.1) is 0 Å². The van der Waals surface area contributed by atoms with Gasteiger partial charge in [0.05, 0.1) is 11.4 Å². The van der Waals surface area contributed by atoms with Gasteiger partial charge in [-0.1, -0.05) is 37.1 Å². The van der Waals surface area contributed by atoms with E-state index in [-0.39, 0.29) is 36.8 Å². The molecule has 3 heterocycles. The molecule has 0 aliphatic heterocycles. The fourth-order valence-electron chi connectivity index (χ4n) is 4.55. The number of tetrazole rings is 3. The number of aromatic nitrogens is 12. The van der Waals surface area contributed by atoms with Crippen molar-refractivity contribution in [3.63, 3.8) is 0 Å². The molecule has 1 fully saturated rings. The van der Waals surface area contributed by atoms with Gasteiger partial charge in [-0.3, -0.25) is 9.59 Å². The zero-order chi connectivity index (χ0) is 27.3. The van der Waals surface area contributed by atoms with E-state index >= 15 is 0 Å². The molecule has 5 aromatic rings. The van der Waals surface area contributed by atoms with Crippen molar-refractivity contribution in [3.8, 4) is 28.5 Å². The van der Waals surface area contributed by atoms with Crippen molar-refractivity contribution < 1.29 is 9.59 Å². The number of para-hydroxylation sites is 2. The van der Waals surface area contributed by atoms with Crippen LogP contribution in [0.4, 0.5) is 5.69 Å². The summed E-state index contributed by atoms with van der Waals surface area (Å²) < 4.78 is 1.49. The lowest BCUT2D eigenvalue weighted by molar-refractivity contribution is -0.122. The number of nitrogens with zero attached hydrogens (tertiary/aromatic N) is 12. The van der Waals surface area contributed by atoms with Crippen molar-refractivity contribution in [1.82, 2.24) is 65.9 Å². The molecule has 16 heteroatoms. The molecule has 1 saturated carbocycles. The molecule has 0 unspecified atom stereocenters. The van der Waals surface area contributed by atoms with Gasteiger partial charge in [0, 0.05) is 17.2 Å². The van der Waals surface area contributed by atoms with Crippen LogP contribution in [0.25, 0.3) is 28.5 Å². The number of rotatable bonds is 9. The first-order valence-corrected chi connectivity index (χ1v) is 12.7. The first kappa shape index (κ1) is 24.9. The summed E-state index contributed by atoms with van der Waals surface area (Å²) in [6.07, 6.45) is 5.71. The molecule has 0 radical (unpaired) electrons. The number of nitrogens with one attached hydrogen (secondary N) is 2. The van der Waals surface area contributed by atoms with E-state index in [9.17, 15) is 9.59 Å². The van der Waals surface area contributed by atoms with Crippen molar-refractivity contribution in [3.05, 3.63) is 54.9 Å². The highest BCUT2D eigenvalue weighted by molar-refractivity contribution is 5.94. The monoisotopic (exact) mass is 540 g/mol. The smallest absolute Gasteiger partial charge is 0.248 e. The van der Waals surface area contributed by atoms with E-state index < -0.39 is 0 Å². The molecule has 0 atom stereocenters. The second-order valence-electron chi connectivity index (χ2n) is 9.20. The van der Waals surface area contributed by atoms with E-state index in [1.165, 1.54) is 20.6 Å². The fourth-order valence-corrected chi connectivity index (χ4v) is 4.55. The van der Waals surface area contributed by atoms with Crippen LogP contribution >= 0.6 is 0 Å². The molecule has 2 aromatic carbocycles. The Labute approximate surface area is 226 Å². The lowest BCUT2D eigenvalue weighted by atomic mass is 10.1. The third-order valence-corrected chi connectivity index (χ3v) is 6.38. The number of carbonyl (C=O) groups is 2. The second-order valence-corrected chi connectivity index (χ2v) is 9.20. The van der Waals surface area contributed by atoms with Crippen LogP contribution in [0.3, 0.4) is 0 Å². The summed E-state index contributed by atoms with van der Waals surface area (Å²) >= 11 is 0. The summed E-state index contributed by atoms with van der Waals surface area (Å²) in [5, 5.41) is 42.0. The summed E-state index contributed by atoms with van der Waals surface area (Å²) in [5.74, 6) is 0.0632. The molecular weight excluding hydrogens is 516 g/mol. The minimum atomic E-state index is -0.381. The van der Waals surface area contributed by atoms with Gasteiger partial charge in [0.25, 0.3) is 0 Å². The maximum absolute atomic E-state index is 12.9. The van der Waals surface area contributed by atoms with E-state index in [4.69, 9.17) is 0 Å². The molecule has 1 aliphatic carbocycles. The molecular formula is C24H24N14O2. The SMILES string of the molecule is O=C(Cn1nnc(-c2ccccc2-n2cnnn2)n1)Nc1ccccc1-c1nnn(CC(=O)NC2CCCC2)n1. The number of benzene rings is 2. The van der Waals surface area contributed by atoms with E-state index in [2.05, 4.69) is 57.0 Å². The quantitative estimate of drug-likeness (QED) is 0.267. The number of hydrogen-bond acceptors (Lipinski definition) is 11. The number of anilines is 1. The van der Waals surface area contributed by atoms with Crippen LogP contribution in [0.15, 0.2) is 54.9 Å². The van der Waals surface area contributed by atoms with Gasteiger partial charge in [0.15, 0.2) is 0 Å². The average Bonchev–Trinajstić information content (AvgIpc) is 3.78. The average molecular weight is 541 g/mol. The van der Waals surface area contributed by atoms with E-state index in [1.54, 1.807) is 24.3 Å². The summed E-state index contributed by atoms with van der Waals surface area (Å²) in [6, 6.07) is 14.6. The summed E-state index contributed by atoms with van der Waals surface area (Å²) in [4.78, 5) is 27.7. The van der Waals surface area contributed by atoms with Crippen LogP contribution in [-0.2, 0) is 22.7 Å². The Bertz CT molecular complexity index is 1620. The Morgan fingerprint density at radius 1 is 0.800 bits per heavy atom. The van der Waals surface area contributed by atoms with Gasteiger partial charge >= 0.3 is 0 Å². The normalized spacial score (nSPS) is 13.4. The molecule has 40 heavy (non-hydrogen) atoms.